The molecule has 0 bridgehead atoms. The molecule has 1 aliphatic heterocycles. The Balaban J connectivity index is 1.95. The van der Waals surface area contributed by atoms with E-state index in [4.69, 9.17) is 4.42 Å². The molecule has 0 aromatic carbocycles. The molecule has 1 saturated heterocycles. The average molecular weight is 294 g/mol. The molecule has 2 rings (SSSR count). The Morgan fingerprint density at radius 1 is 1.43 bits per heavy atom. The van der Waals surface area contributed by atoms with Crippen LogP contribution in [-0.4, -0.2) is 43.7 Å². The molecule has 0 saturated carbocycles. The van der Waals surface area contributed by atoms with Gasteiger partial charge in [-0.3, -0.25) is 4.90 Å². The molecule has 1 fully saturated rings. The van der Waals surface area contributed by atoms with Crippen LogP contribution in [0.1, 0.15) is 43.0 Å². The molecule has 5 nitrogen and oxygen atoms in total. The maximum Gasteiger partial charge on any atom is 0.373 e. The van der Waals surface area contributed by atoms with Crippen LogP contribution in [0.5, 0.6) is 0 Å². The molecule has 0 radical (unpaired) electrons. The molecule has 0 spiro atoms. The summed E-state index contributed by atoms with van der Waals surface area (Å²) in [5, 5.41) is 3.40. The number of esters is 1. The van der Waals surface area contributed by atoms with Gasteiger partial charge in [-0.25, -0.2) is 4.79 Å². The summed E-state index contributed by atoms with van der Waals surface area (Å²) in [6.07, 6.45) is 2.46. The van der Waals surface area contributed by atoms with Crippen molar-refractivity contribution in [3.05, 3.63) is 23.7 Å². The third-order valence-electron chi connectivity index (χ3n) is 4.09. The van der Waals surface area contributed by atoms with Crippen molar-refractivity contribution >= 4 is 5.97 Å². The van der Waals surface area contributed by atoms with E-state index in [9.17, 15) is 4.79 Å². The number of ether oxygens (including phenoxy) is 1. The Kier molecular flexibility index (Phi) is 5.82. The van der Waals surface area contributed by atoms with E-state index in [0.29, 0.717) is 6.04 Å². The molecule has 118 valence electrons. The predicted octanol–water partition coefficient (Wildman–Crippen LogP) is 2.28. The Morgan fingerprint density at radius 3 is 2.76 bits per heavy atom. The van der Waals surface area contributed by atoms with Crippen molar-refractivity contribution < 1.29 is 13.9 Å². The third-order valence-corrected chi connectivity index (χ3v) is 4.09. The second-order valence-corrected chi connectivity index (χ2v) is 5.97. The van der Waals surface area contributed by atoms with Crippen LogP contribution in [0.2, 0.25) is 0 Å². The van der Waals surface area contributed by atoms with E-state index < -0.39 is 5.97 Å². The van der Waals surface area contributed by atoms with Gasteiger partial charge in [0.2, 0.25) is 5.76 Å². The fourth-order valence-electron chi connectivity index (χ4n) is 2.73. The molecule has 1 aromatic heterocycles. The number of furan rings is 1. The number of carbonyl (C=O) groups excluding carboxylic acids is 1. The summed E-state index contributed by atoms with van der Waals surface area (Å²) >= 11 is 0. The van der Waals surface area contributed by atoms with Crippen molar-refractivity contribution in [2.24, 2.45) is 5.92 Å². The first kappa shape index (κ1) is 16.0. The number of methoxy groups -OCH3 is 1. The van der Waals surface area contributed by atoms with Gasteiger partial charge in [-0.1, -0.05) is 0 Å². The van der Waals surface area contributed by atoms with Crippen molar-refractivity contribution in [2.45, 2.75) is 39.3 Å². The summed E-state index contributed by atoms with van der Waals surface area (Å²) in [6.45, 7) is 8.44. The maximum atomic E-state index is 11.4. The second-order valence-electron chi connectivity index (χ2n) is 5.97. The summed E-state index contributed by atoms with van der Waals surface area (Å²) in [5.74, 6) is 1.41. The highest BCUT2D eigenvalue weighted by atomic mass is 16.5. The monoisotopic (exact) mass is 294 g/mol. The summed E-state index contributed by atoms with van der Waals surface area (Å²) in [6, 6.07) is 4.00. The van der Waals surface area contributed by atoms with Gasteiger partial charge in [0.05, 0.1) is 13.7 Å². The molecule has 1 aromatic rings. The molecule has 0 aliphatic carbocycles. The highest BCUT2D eigenvalue weighted by Crippen LogP contribution is 2.18. The van der Waals surface area contributed by atoms with E-state index >= 15 is 0 Å². The number of rotatable bonds is 6. The summed E-state index contributed by atoms with van der Waals surface area (Å²) in [7, 11) is 1.36. The number of nitrogens with one attached hydrogen (secondary N) is 1. The van der Waals surface area contributed by atoms with Gasteiger partial charge < -0.3 is 14.5 Å². The Morgan fingerprint density at radius 2 is 2.14 bits per heavy atom. The molecule has 0 amide bonds. The van der Waals surface area contributed by atoms with E-state index in [2.05, 4.69) is 28.8 Å². The van der Waals surface area contributed by atoms with E-state index in [1.807, 2.05) is 6.07 Å². The quantitative estimate of drug-likeness (QED) is 0.816. The zero-order valence-corrected chi connectivity index (χ0v) is 13.2. The molecular weight excluding hydrogens is 268 g/mol. The van der Waals surface area contributed by atoms with E-state index in [1.165, 1.54) is 20.0 Å². The Labute approximate surface area is 126 Å². The Hall–Kier alpha value is -1.33. The lowest BCUT2D eigenvalue weighted by molar-refractivity contribution is 0.0559. The molecule has 5 heteroatoms. The largest absolute Gasteiger partial charge is 0.463 e. The number of hydrogen-bond acceptors (Lipinski definition) is 5. The molecular formula is C16H26N2O3. The van der Waals surface area contributed by atoms with Crippen molar-refractivity contribution in [1.29, 1.82) is 0 Å². The minimum absolute atomic E-state index is 0.276. The van der Waals surface area contributed by atoms with Crippen LogP contribution in [0, 0.1) is 5.92 Å². The summed E-state index contributed by atoms with van der Waals surface area (Å²) in [4.78, 5) is 13.8. The maximum absolute atomic E-state index is 11.4. The van der Waals surface area contributed by atoms with Crippen molar-refractivity contribution in [2.75, 3.05) is 26.7 Å². The van der Waals surface area contributed by atoms with Crippen molar-refractivity contribution in [3.63, 3.8) is 0 Å². The molecule has 1 aliphatic rings. The van der Waals surface area contributed by atoms with Crippen LogP contribution < -0.4 is 5.32 Å². The van der Waals surface area contributed by atoms with Crippen LogP contribution in [0.3, 0.4) is 0 Å². The minimum Gasteiger partial charge on any atom is -0.463 e. The molecule has 1 N–H and O–H groups in total. The zero-order chi connectivity index (χ0) is 15.2. The first-order valence-corrected chi connectivity index (χ1v) is 7.72. The number of piperidine rings is 1. The molecule has 21 heavy (non-hydrogen) atoms. The highest BCUT2D eigenvalue weighted by molar-refractivity contribution is 5.86. The van der Waals surface area contributed by atoms with Gasteiger partial charge in [0, 0.05) is 12.6 Å². The smallest absolute Gasteiger partial charge is 0.373 e. The standard InChI is InChI=1S/C16H26N2O3/c1-12(2)18(10-13-6-8-17-9-7-13)11-14-4-5-15(21-14)16(19)20-3/h4-5,12-13,17H,6-11H2,1-3H3. The van der Waals surface area contributed by atoms with Gasteiger partial charge in [0.15, 0.2) is 0 Å². The number of hydrogen-bond donors (Lipinski definition) is 1. The van der Waals surface area contributed by atoms with Gasteiger partial charge in [0.25, 0.3) is 0 Å². The van der Waals surface area contributed by atoms with Gasteiger partial charge >= 0.3 is 5.97 Å². The van der Waals surface area contributed by atoms with Gasteiger partial charge in [0.1, 0.15) is 5.76 Å². The van der Waals surface area contributed by atoms with Gasteiger partial charge in [-0.15, -0.1) is 0 Å². The minimum atomic E-state index is -0.421. The van der Waals surface area contributed by atoms with Crippen molar-refractivity contribution in [1.82, 2.24) is 10.2 Å². The first-order valence-electron chi connectivity index (χ1n) is 7.72. The predicted molar refractivity (Wildman–Crippen MR) is 81.2 cm³/mol. The molecule has 2 heterocycles. The normalized spacial score (nSPS) is 16.6. The summed E-state index contributed by atoms with van der Waals surface area (Å²) in [5.41, 5.74) is 0. The first-order chi connectivity index (χ1) is 10.1. The topological polar surface area (TPSA) is 54.7 Å². The lowest BCUT2D eigenvalue weighted by Gasteiger charge is -2.32. The zero-order valence-electron chi connectivity index (χ0n) is 13.2. The lowest BCUT2D eigenvalue weighted by atomic mass is 9.97. The van der Waals surface area contributed by atoms with Crippen LogP contribution >= 0.6 is 0 Å². The van der Waals surface area contributed by atoms with Gasteiger partial charge in [-0.2, -0.15) is 0 Å². The number of nitrogens with zero attached hydrogens (tertiary/aromatic N) is 1. The highest BCUT2D eigenvalue weighted by Gasteiger charge is 2.20. The third kappa shape index (κ3) is 4.58. The van der Waals surface area contributed by atoms with E-state index in [0.717, 1.165) is 37.9 Å². The average Bonchev–Trinajstić information content (AvgIpc) is 2.95. The Bertz CT molecular complexity index is 450. The van der Waals surface area contributed by atoms with Crippen LogP contribution in [0.4, 0.5) is 0 Å². The van der Waals surface area contributed by atoms with Gasteiger partial charge in [-0.05, 0) is 57.8 Å². The molecule has 0 atom stereocenters. The van der Waals surface area contributed by atoms with Crippen LogP contribution in [-0.2, 0) is 11.3 Å². The lowest BCUT2D eigenvalue weighted by Crippen LogP contribution is -2.39. The van der Waals surface area contributed by atoms with Crippen LogP contribution in [0.25, 0.3) is 0 Å². The fourth-order valence-corrected chi connectivity index (χ4v) is 2.73. The number of carbonyl (C=O) groups is 1. The van der Waals surface area contributed by atoms with Crippen molar-refractivity contribution in [3.8, 4) is 0 Å². The fraction of sp³-hybridized carbons (Fsp3) is 0.688. The van der Waals surface area contributed by atoms with E-state index in [-0.39, 0.29) is 5.76 Å². The SMILES string of the molecule is COC(=O)c1ccc(CN(CC2CCNCC2)C(C)C)o1. The van der Waals surface area contributed by atoms with E-state index in [1.54, 1.807) is 6.07 Å². The van der Waals surface area contributed by atoms with Crippen LogP contribution in [0.15, 0.2) is 16.5 Å². The summed E-state index contributed by atoms with van der Waals surface area (Å²) < 4.78 is 10.2. The second kappa shape index (κ2) is 7.61. The molecule has 0 unspecified atom stereocenters.